The predicted octanol–water partition coefficient (Wildman–Crippen LogP) is 2.38. The molecule has 19 heavy (non-hydrogen) atoms. The van der Waals surface area contributed by atoms with Crippen LogP contribution in [0.1, 0.15) is 17.4 Å². The van der Waals surface area contributed by atoms with E-state index in [1.165, 1.54) is 12.1 Å². The number of aliphatic hydroxyl groups is 1. The maximum Gasteiger partial charge on any atom is 0.233 e. The third kappa shape index (κ3) is 2.50. The summed E-state index contributed by atoms with van der Waals surface area (Å²) in [6, 6.07) is 4.63. The van der Waals surface area contributed by atoms with Gasteiger partial charge in [0.15, 0.2) is 0 Å². The number of hydrogen-bond acceptors (Lipinski definition) is 5. The number of aromatic nitrogens is 2. The minimum Gasteiger partial charge on any atom is -0.391 e. The standard InChI is InChI=1S/C13H13FN2O2S/c1-7-2-8(4-9(14)3-7)12-15-13(18-16-12)10-5-19-6-11(10)17/h2-4,10-11,17H,5-6H2,1H3. The van der Waals surface area contributed by atoms with E-state index in [1.807, 2.05) is 6.92 Å². The number of nitrogens with zero attached hydrogens (tertiary/aromatic N) is 2. The molecule has 2 aromatic rings. The van der Waals surface area contributed by atoms with E-state index in [4.69, 9.17) is 4.52 Å². The Hall–Kier alpha value is -1.40. The zero-order valence-corrected chi connectivity index (χ0v) is 11.2. The van der Waals surface area contributed by atoms with Gasteiger partial charge in [0.05, 0.1) is 12.0 Å². The van der Waals surface area contributed by atoms with Gasteiger partial charge in [0.2, 0.25) is 11.7 Å². The molecule has 3 rings (SSSR count). The van der Waals surface area contributed by atoms with Crippen LogP contribution >= 0.6 is 11.8 Å². The van der Waals surface area contributed by atoms with Crippen molar-refractivity contribution in [2.75, 3.05) is 11.5 Å². The van der Waals surface area contributed by atoms with Crippen molar-refractivity contribution in [3.05, 3.63) is 35.5 Å². The maximum atomic E-state index is 13.4. The topological polar surface area (TPSA) is 59.2 Å². The zero-order chi connectivity index (χ0) is 13.4. The van der Waals surface area contributed by atoms with Gasteiger partial charge in [0.25, 0.3) is 0 Å². The van der Waals surface area contributed by atoms with Gasteiger partial charge in [0.1, 0.15) is 5.82 Å². The van der Waals surface area contributed by atoms with Crippen LogP contribution in [0.4, 0.5) is 4.39 Å². The Morgan fingerprint density at radius 1 is 1.37 bits per heavy atom. The van der Waals surface area contributed by atoms with E-state index in [1.54, 1.807) is 17.8 Å². The average Bonchev–Trinajstić information content (AvgIpc) is 2.95. The molecule has 0 radical (unpaired) electrons. The molecule has 0 spiro atoms. The molecular formula is C13H13FN2O2S. The highest BCUT2D eigenvalue weighted by molar-refractivity contribution is 7.99. The first-order valence-electron chi connectivity index (χ1n) is 6.00. The van der Waals surface area contributed by atoms with Gasteiger partial charge in [-0.15, -0.1) is 0 Å². The largest absolute Gasteiger partial charge is 0.391 e. The van der Waals surface area contributed by atoms with Crippen LogP contribution in [0.15, 0.2) is 22.7 Å². The Balaban J connectivity index is 1.92. The van der Waals surface area contributed by atoms with E-state index in [0.717, 1.165) is 11.3 Å². The van der Waals surface area contributed by atoms with Gasteiger partial charge >= 0.3 is 0 Å². The zero-order valence-electron chi connectivity index (χ0n) is 10.3. The lowest BCUT2D eigenvalue weighted by molar-refractivity contribution is 0.164. The Morgan fingerprint density at radius 3 is 2.89 bits per heavy atom. The van der Waals surface area contributed by atoms with E-state index in [0.29, 0.717) is 23.0 Å². The Morgan fingerprint density at radius 2 is 2.21 bits per heavy atom. The number of halogens is 1. The van der Waals surface area contributed by atoms with Crippen molar-refractivity contribution in [1.82, 2.24) is 10.1 Å². The van der Waals surface area contributed by atoms with E-state index >= 15 is 0 Å². The van der Waals surface area contributed by atoms with Crippen molar-refractivity contribution >= 4 is 11.8 Å². The van der Waals surface area contributed by atoms with Gasteiger partial charge in [-0.3, -0.25) is 0 Å². The number of thioether (sulfide) groups is 1. The first kappa shape index (κ1) is 12.6. The van der Waals surface area contributed by atoms with Gasteiger partial charge in [-0.2, -0.15) is 16.7 Å². The van der Waals surface area contributed by atoms with Gasteiger partial charge in [0, 0.05) is 17.1 Å². The van der Waals surface area contributed by atoms with E-state index < -0.39 is 6.10 Å². The van der Waals surface area contributed by atoms with Crippen LogP contribution in [0, 0.1) is 12.7 Å². The second-order valence-electron chi connectivity index (χ2n) is 4.68. The maximum absolute atomic E-state index is 13.4. The first-order valence-corrected chi connectivity index (χ1v) is 7.16. The first-order chi connectivity index (χ1) is 9.13. The normalized spacial score (nSPS) is 22.9. The van der Waals surface area contributed by atoms with Crippen molar-refractivity contribution in [2.45, 2.75) is 18.9 Å². The summed E-state index contributed by atoms with van der Waals surface area (Å²) >= 11 is 1.66. The quantitative estimate of drug-likeness (QED) is 0.915. The molecule has 0 aliphatic carbocycles. The number of rotatable bonds is 2. The molecule has 4 nitrogen and oxygen atoms in total. The monoisotopic (exact) mass is 280 g/mol. The lowest BCUT2D eigenvalue weighted by Gasteiger charge is -2.06. The van der Waals surface area contributed by atoms with Crippen LogP contribution in [0.5, 0.6) is 0 Å². The highest BCUT2D eigenvalue weighted by atomic mass is 32.2. The molecule has 1 aliphatic heterocycles. The SMILES string of the molecule is Cc1cc(F)cc(-c2noc(C3CSCC3O)n2)c1. The van der Waals surface area contributed by atoms with Gasteiger partial charge in [-0.05, 0) is 30.7 Å². The molecular weight excluding hydrogens is 267 g/mol. The molecule has 2 heterocycles. The second kappa shape index (κ2) is 4.94. The molecule has 0 amide bonds. The lowest BCUT2D eigenvalue weighted by Crippen LogP contribution is -2.15. The molecule has 1 fully saturated rings. The summed E-state index contributed by atoms with van der Waals surface area (Å²) < 4.78 is 18.6. The van der Waals surface area contributed by atoms with Gasteiger partial charge in [-0.25, -0.2) is 4.39 Å². The molecule has 2 atom stereocenters. The fraction of sp³-hybridized carbons (Fsp3) is 0.385. The number of aryl methyl sites for hydroxylation is 1. The van der Waals surface area contributed by atoms with Crippen molar-refractivity contribution < 1.29 is 14.0 Å². The summed E-state index contributed by atoms with van der Waals surface area (Å²) in [5.74, 6) is 1.79. The highest BCUT2D eigenvalue weighted by Crippen LogP contribution is 2.32. The molecule has 1 aliphatic rings. The molecule has 6 heteroatoms. The van der Waals surface area contributed by atoms with E-state index in [9.17, 15) is 9.50 Å². The van der Waals surface area contributed by atoms with E-state index in [-0.39, 0.29) is 11.7 Å². The van der Waals surface area contributed by atoms with Crippen LogP contribution in [0.2, 0.25) is 0 Å². The molecule has 100 valence electrons. The molecule has 0 bridgehead atoms. The second-order valence-corrected chi connectivity index (χ2v) is 5.76. The van der Waals surface area contributed by atoms with Crippen molar-refractivity contribution in [2.24, 2.45) is 0 Å². The Labute approximate surface area is 114 Å². The third-order valence-electron chi connectivity index (χ3n) is 3.11. The fourth-order valence-electron chi connectivity index (χ4n) is 2.15. The summed E-state index contributed by atoms with van der Waals surface area (Å²) in [4.78, 5) is 4.28. The number of benzene rings is 1. The van der Waals surface area contributed by atoms with Crippen LogP contribution in [0.3, 0.4) is 0 Å². The van der Waals surface area contributed by atoms with Crippen LogP contribution in [0.25, 0.3) is 11.4 Å². The smallest absolute Gasteiger partial charge is 0.233 e. The Kier molecular flexibility index (Phi) is 3.28. The van der Waals surface area contributed by atoms with Gasteiger partial charge in [-0.1, -0.05) is 5.16 Å². The van der Waals surface area contributed by atoms with E-state index in [2.05, 4.69) is 10.1 Å². The van der Waals surface area contributed by atoms with Crippen LogP contribution in [-0.2, 0) is 0 Å². The molecule has 0 saturated carbocycles. The minimum absolute atomic E-state index is 0.124. The molecule has 1 N–H and O–H groups in total. The van der Waals surface area contributed by atoms with Crippen molar-refractivity contribution in [3.8, 4) is 11.4 Å². The number of hydrogen-bond donors (Lipinski definition) is 1. The number of aliphatic hydroxyl groups excluding tert-OH is 1. The summed E-state index contributed by atoms with van der Waals surface area (Å²) in [5, 5.41) is 13.7. The minimum atomic E-state index is -0.451. The van der Waals surface area contributed by atoms with Crippen LogP contribution < -0.4 is 0 Å². The molecule has 1 saturated heterocycles. The highest BCUT2D eigenvalue weighted by Gasteiger charge is 2.32. The predicted molar refractivity (Wildman–Crippen MR) is 70.5 cm³/mol. The summed E-state index contributed by atoms with van der Waals surface area (Å²) in [5.41, 5.74) is 1.39. The molecule has 1 aromatic heterocycles. The summed E-state index contributed by atoms with van der Waals surface area (Å²) in [6.45, 7) is 1.81. The summed E-state index contributed by atoms with van der Waals surface area (Å²) in [6.07, 6.45) is -0.451. The van der Waals surface area contributed by atoms with Gasteiger partial charge < -0.3 is 9.63 Å². The molecule has 1 aromatic carbocycles. The fourth-order valence-corrected chi connectivity index (χ4v) is 3.38. The lowest BCUT2D eigenvalue weighted by atomic mass is 10.1. The average molecular weight is 280 g/mol. The van der Waals surface area contributed by atoms with Crippen LogP contribution in [-0.4, -0.2) is 32.9 Å². The Bertz CT molecular complexity index is 582. The summed E-state index contributed by atoms with van der Waals surface area (Å²) in [7, 11) is 0. The van der Waals surface area contributed by atoms with Crippen molar-refractivity contribution in [3.63, 3.8) is 0 Å². The third-order valence-corrected chi connectivity index (χ3v) is 4.28. The molecule has 2 unspecified atom stereocenters. The van der Waals surface area contributed by atoms with Crippen molar-refractivity contribution in [1.29, 1.82) is 0 Å².